The van der Waals surface area contributed by atoms with E-state index >= 15 is 0 Å². The molecule has 10 heteroatoms. The van der Waals surface area contributed by atoms with Crippen LogP contribution < -0.4 is 0 Å². The number of carbonyl (C=O) groups is 4. The van der Waals surface area contributed by atoms with Crippen molar-refractivity contribution in [3.63, 3.8) is 0 Å². The van der Waals surface area contributed by atoms with E-state index in [-0.39, 0.29) is 48.3 Å². The number of carboxylic acids is 2. The van der Waals surface area contributed by atoms with Crippen LogP contribution in [0, 0.1) is 5.41 Å². The third kappa shape index (κ3) is 6.95. The van der Waals surface area contributed by atoms with E-state index in [2.05, 4.69) is 0 Å². The molecule has 36 heavy (non-hydrogen) atoms. The highest BCUT2D eigenvalue weighted by Crippen LogP contribution is 2.32. The van der Waals surface area contributed by atoms with Crippen molar-refractivity contribution in [2.24, 2.45) is 5.41 Å². The number of phenols is 4. The number of carboxylic acid groups (broad SMARTS) is 2. The normalized spacial score (nSPS) is 13.0. The third-order valence-electron chi connectivity index (χ3n) is 5.50. The number of carbonyl (C=O) groups excluding carboxylic acids is 2. The molecule has 0 saturated heterocycles. The Hall–Kier alpha value is -4.60. The zero-order valence-electron chi connectivity index (χ0n) is 19.1. The van der Waals surface area contributed by atoms with Crippen LogP contribution >= 0.6 is 0 Å². The number of allylic oxidation sites excluding steroid dienone is 2. The topological polar surface area (TPSA) is 190 Å². The molecule has 0 bridgehead atoms. The van der Waals surface area contributed by atoms with Gasteiger partial charge in [0.05, 0.1) is 0 Å². The lowest BCUT2D eigenvalue weighted by Crippen LogP contribution is -2.45. The van der Waals surface area contributed by atoms with Crippen molar-refractivity contribution in [1.82, 2.24) is 0 Å². The second kappa shape index (κ2) is 12.2. The summed E-state index contributed by atoms with van der Waals surface area (Å²) in [5.74, 6) is -6.47. The summed E-state index contributed by atoms with van der Waals surface area (Å²) in [4.78, 5) is 49.4. The average molecular weight is 498 g/mol. The smallest absolute Gasteiger partial charge is 0.325 e. The molecule has 6 N–H and O–H groups in total. The largest absolute Gasteiger partial charge is 0.504 e. The lowest BCUT2D eigenvalue weighted by atomic mass is 9.74. The molecule has 0 aliphatic carbocycles. The summed E-state index contributed by atoms with van der Waals surface area (Å²) in [6.07, 6.45) is 4.23. The minimum Gasteiger partial charge on any atom is -0.504 e. The van der Waals surface area contributed by atoms with E-state index in [0.717, 1.165) is 24.3 Å². The quantitative estimate of drug-likeness (QED) is 0.103. The van der Waals surface area contributed by atoms with Gasteiger partial charge in [-0.25, -0.2) is 0 Å². The first-order valence-corrected chi connectivity index (χ1v) is 10.9. The molecule has 0 fully saturated rings. The average Bonchev–Trinajstić information content (AvgIpc) is 2.82. The predicted molar refractivity (Wildman–Crippen MR) is 128 cm³/mol. The summed E-state index contributed by atoms with van der Waals surface area (Å²) in [7, 11) is 0. The lowest BCUT2D eigenvalue weighted by Gasteiger charge is -2.24. The van der Waals surface area contributed by atoms with Crippen molar-refractivity contribution in [2.45, 2.75) is 32.1 Å². The van der Waals surface area contributed by atoms with Gasteiger partial charge in [0, 0.05) is 6.42 Å². The maximum absolute atomic E-state index is 13.2. The number of benzene rings is 2. The number of rotatable bonds is 13. The first kappa shape index (κ1) is 27.6. The number of aromatic hydroxyl groups is 4. The van der Waals surface area contributed by atoms with Crippen LogP contribution in [-0.4, -0.2) is 54.1 Å². The van der Waals surface area contributed by atoms with Gasteiger partial charge in [0.1, 0.15) is 0 Å². The Kier molecular flexibility index (Phi) is 9.37. The fourth-order valence-electron chi connectivity index (χ4n) is 3.45. The number of phenolic OH excluding ortho intramolecular Hbond substituents is 4. The summed E-state index contributed by atoms with van der Waals surface area (Å²) in [6, 6.07) is 7.37. The molecule has 2 aromatic rings. The first-order valence-electron chi connectivity index (χ1n) is 10.9. The molecule has 0 saturated carbocycles. The van der Waals surface area contributed by atoms with Gasteiger partial charge in [-0.2, -0.15) is 0 Å². The predicted octanol–water partition coefficient (Wildman–Crippen LogP) is 3.48. The molecule has 2 aromatic carbocycles. The Balaban J connectivity index is 2.38. The number of unbranched alkanes of at least 4 members (excludes halogenated alkanes) is 2. The van der Waals surface area contributed by atoms with Crippen LogP contribution in [-0.2, 0) is 19.2 Å². The molecule has 0 atom stereocenters. The Labute approximate surface area is 206 Å². The molecule has 0 radical (unpaired) electrons. The number of hydrogen-bond donors (Lipinski definition) is 6. The highest BCUT2D eigenvalue weighted by Gasteiger charge is 2.49. The van der Waals surface area contributed by atoms with Gasteiger partial charge in [-0.1, -0.05) is 37.1 Å². The highest BCUT2D eigenvalue weighted by atomic mass is 16.4. The highest BCUT2D eigenvalue weighted by molar-refractivity contribution is 6.28. The van der Waals surface area contributed by atoms with Crippen molar-refractivity contribution in [2.75, 3.05) is 0 Å². The van der Waals surface area contributed by atoms with Gasteiger partial charge in [0.25, 0.3) is 0 Å². The van der Waals surface area contributed by atoms with Crippen LogP contribution in [0.3, 0.4) is 0 Å². The van der Waals surface area contributed by atoms with Gasteiger partial charge in [-0.15, -0.1) is 0 Å². The van der Waals surface area contributed by atoms with Gasteiger partial charge >= 0.3 is 11.9 Å². The zero-order chi connectivity index (χ0) is 26.9. The minimum atomic E-state index is -2.51. The van der Waals surface area contributed by atoms with Crippen LogP contribution in [0.4, 0.5) is 0 Å². The van der Waals surface area contributed by atoms with Crippen LogP contribution in [0.2, 0.25) is 0 Å². The minimum absolute atomic E-state index is 0.0821. The Morgan fingerprint density at radius 2 is 1.14 bits per heavy atom. The lowest BCUT2D eigenvalue weighted by molar-refractivity contribution is -0.157. The molecule has 190 valence electrons. The molecule has 0 unspecified atom stereocenters. The van der Waals surface area contributed by atoms with Crippen molar-refractivity contribution >= 4 is 35.7 Å². The number of ketones is 2. The molecule has 0 spiro atoms. The van der Waals surface area contributed by atoms with Crippen LogP contribution in [0.5, 0.6) is 23.0 Å². The fourth-order valence-corrected chi connectivity index (χ4v) is 3.45. The maximum atomic E-state index is 13.2. The Morgan fingerprint density at radius 3 is 1.53 bits per heavy atom. The second-order valence-corrected chi connectivity index (χ2v) is 8.06. The third-order valence-corrected chi connectivity index (χ3v) is 5.50. The van der Waals surface area contributed by atoms with Crippen molar-refractivity contribution in [3.05, 3.63) is 59.7 Å². The Bertz CT molecular complexity index is 1140. The standard InChI is InChI=1S/C26H26O10/c27-18-9-5-16(14-20(18)29)7-11-22(31)26(25(35)36,13-3-1-2-4-24(33)34)23(32)12-8-17-6-10-19(28)21(30)15-17/h5-12,14-15,27-30H,1-4,13H2,(H,33,34)(H,35,36). The molecule has 0 aliphatic rings. The van der Waals surface area contributed by atoms with E-state index in [0.29, 0.717) is 0 Å². The van der Waals surface area contributed by atoms with Gasteiger partial charge in [-0.05, 0) is 60.4 Å². The first-order chi connectivity index (χ1) is 17.0. The second-order valence-electron chi connectivity index (χ2n) is 8.06. The summed E-state index contributed by atoms with van der Waals surface area (Å²) in [6.45, 7) is 0. The molecule has 0 heterocycles. The summed E-state index contributed by atoms with van der Waals surface area (Å²) in [5, 5.41) is 56.9. The van der Waals surface area contributed by atoms with E-state index in [9.17, 15) is 44.7 Å². The molecule has 0 amide bonds. The molecular weight excluding hydrogens is 472 g/mol. The molecule has 0 aromatic heterocycles. The van der Waals surface area contributed by atoms with E-state index in [1.54, 1.807) is 0 Å². The van der Waals surface area contributed by atoms with Gasteiger partial charge in [-0.3, -0.25) is 19.2 Å². The van der Waals surface area contributed by atoms with Crippen LogP contribution in [0.25, 0.3) is 12.2 Å². The molecule has 10 nitrogen and oxygen atoms in total. The van der Waals surface area contributed by atoms with Crippen molar-refractivity contribution < 1.29 is 49.8 Å². The van der Waals surface area contributed by atoms with Crippen LogP contribution in [0.1, 0.15) is 43.2 Å². The summed E-state index contributed by atoms with van der Waals surface area (Å²) < 4.78 is 0. The number of aliphatic carboxylic acids is 2. The van der Waals surface area contributed by atoms with Gasteiger partial charge in [0.15, 0.2) is 40.0 Å². The van der Waals surface area contributed by atoms with E-state index < -0.39 is 46.8 Å². The fraction of sp³-hybridized carbons (Fsp3) is 0.231. The van der Waals surface area contributed by atoms with Gasteiger partial charge in [0.2, 0.25) is 0 Å². The van der Waals surface area contributed by atoms with Crippen molar-refractivity contribution in [3.8, 4) is 23.0 Å². The molecular formula is C26H26O10. The zero-order valence-corrected chi connectivity index (χ0v) is 19.1. The van der Waals surface area contributed by atoms with E-state index in [4.69, 9.17) is 5.11 Å². The van der Waals surface area contributed by atoms with E-state index in [1.165, 1.54) is 36.4 Å². The summed E-state index contributed by atoms with van der Waals surface area (Å²) in [5.41, 5.74) is -1.97. The maximum Gasteiger partial charge on any atom is 0.325 e. The Morgan fingerprint density at radius 1 is 0.667 bits per heavy atom. The van der Waals surface area contributed by atoms with Gasteiger partial charge < -0.3 is 30.6 Å². The molecule has 0 aliphatic heterocycles. The number of hydrogen-bond acceptors (Lipinski definition) is 8. The monoisotopic (exact) mass is 498 g/mol. The molecule has 2 rings (SSSR count). The van der Waals surface area contributed by atoms with E-state index in [1.807, 2.05) is 0 Å². The summed E-state index contributed by atoms with van der Waals surface area (Å²) >= 11 is 0. The SMILES string of the molecule is O=C(O)CCCCCC(C(=O)O)(C(=O)C=Cc1ccc(O)c(O)c1)C(=O)C=Cc1ccc(O)c(O)c1. The van der Waals surface area contributed by atoms with Crippen molar-refractivity contribution in [1.29, 1.82) is 0 Å². The van der Waals surface area contributed by atoms with Crippen LogP contribution in [0.15, 0.2) is 48.6 Å².